The first-order chi connectivity index (χ1) is 16.2. The monoisotopic (exact) mass is 472 g/mol. The molecule has 2 aromatic carbocycles. The topological polar surface area (TPSA) is 72.2 Å². The predicted octanol–water partition coefficient (Wildman–Crippen LogP) is 6.08. The second-order valence-corrected chi connectivity index (χ2v) is 11.8. The summed E-state index contributed by atoms with van der Waals surface area (Å²) >= 11 is 1.69. The summed E-state index contributed by atoms with van der Waals surface area (Å²) in [5.41, 5.74) is 12.6. The zero-order valence-electron chi connectivity index (χ0n) is 20.1. The fourth-order valence-corrected chi connectivity index (χ4v) is 7.07. The van der Waals surface area contributed by atoms with Crippen molar-refractivity contribution < 1.29 is 9.59 Å². The maximum atomic E-state index is 13.3. The van der Waals surface area contributed by atoms with Gasteiger partial charge in [-0.05, 0) is 81.0 Å². The van der Waals surface area contributed by atoms with Gasteiger partial charge in [0.05, 0.1) is 5.56 Å². The Morgan fingerprint density at radius 2 is 1.74 bits per heavy atom. The molecule has 0 aliphatic heterocycles. The van der Waals surface area contributed by atoms with Gasteiger partial charge in [0.15, 0.2) is 0 Å². The van der Waals surface area contributed by atoms with Crippen LogP contribution < -0.4 is 11.1 Å². The van der Waals surface area contributed by atoms with E-state index in [0.717, 1.165) is 64.1 Å². The van der Waals surface area contributed by atoms with Crippen LogP contribution in [0.3, 0.4) is 0 Å². The van der Waals surface area contributed by atoms with Gasteiger partial charge in [-0.15, -0.1) is 11.3 Å². The van der Waals surface area contributed by atoms with E-state index in [1.807, 2.05) is 31.2 Å². The van der Waals surface area contributed by atoms with Crippen LogP contribution in [0.4, 0.5) is 5.69 Å². The number of hydrogen-bond donors (Lipinski definition) is 2. The van der Waals surface area contributed by atoms with Crippen LogP contribution in [0.5, 0.6) is 0 Å². The fraction of sp³-hybridized carbons (Fsp3) is 0.379. The van der Waals surface area contributed by atoms with Crippen LogP contribution in [0, 0.1) is 25.2 Å². The van der Waals surface area contributed by atoms with Gasteiger partial charge >= 0.3 is 0 Å². The van der Waals surface area contributed by atoms with Crippen LogP contribution in [0.25, 0.3) is 11.1 Å². The molecule has 3 N–H and O–H groups in total. The lowest BCUT2D eigenvalue weighted by Crippen LogP contribution is -2.57. The second-order valence-electron chi connectivity index (χ2n) is 10.3. The third kappa shape index (κ3) is 4.18. The van der Waals surface area contributed by atoms with Gasteiger partial charge in [-0.1, -0.05) is 42.5 Å². The minimum Gasteiger partial charge on any atom is -0.398 e. The molecule has 1 aromatic heterocycles. The molecule has 0 bridgehead atoms. The number of nitrogens with two attached hydrogens (primary N) is 1. The first kappa shape index (κ1) is 22.9. The largest absolute Gasteiger partial charge is 0.398 e. The maximum absolute atomic E-state index is 13.3. The third-order valence-corrected chi connectivity index (χ3v) is 8.88. The molecule has 1 heterocycles. The number of thiophene rings is 1. The first-order valence-corrected chi connectivity index (χ1v) is 12.9. The normalized spacial score (nSPS) is 23.3. The quantitative estimate of drug-likeness (QED) is 0.427. The Morgan fingerprint density at radius 1 is 1.03 bits per heavy atom. The molecular formula is C29H32N2O2S. The number of carbonyl (C=O) groups excluding carboxylic acids is 2. The number of aryl methyl sites for hydroxylation is 2. The number of ketones is 1. The van der Waals surface area contributed by atoms with Crippen molar-refractivity contribution in [2.75, 3.05) is 5.73 Å². The van der Waals surface area contributed by atoms with Gasteiger partial charge in [0.1, 0.15) is 5.78 Å². The third-order valence-electron chi connectivity index (χ3n) is 7.82. The van der Waals surface area contributed by atoms with Crippen molar-refractivity contribution in [3.05, 3.63) is 75.0 Å². The summed E-state index contributed by atoms with van der Waals surface area (Å²) in [6, 6.07) is 16.6. The Kier molecular flexibility index (Phi) is 5.85. The molecular weight excluding hydrogens is 440 g/mol. The summed E-state index contributed by atoms with van der Waals surface area (Å²) in [5.74, 6) is 0.586. The molecule has 1 spiro atoms. The number of carbonyl (C=O) groups is 2. The van der Waals surface area contributed by atoms with Crippen molar-refractivity contribution in [2.45, 2.75) is 58.9 Å². The second kappa shape index (κ2) is 8.70. The highest BCUT2D eigenvalue weighted by atomic mass is 32.1. The van der Waals surface area contributed by atoms with Crippen molar-refractivity contribution >= 4 is 28.7 Å². The Hall–Kier alpha value is -2.92. The zero-order chi connectivity index (χ0) is 24.0. The fourth-order valence-electron chi connectivity index (χ4n) is 6.00. The first-order valence-electron chi connectivity index (χ1n) is 12.1. The number of hydrogen-bond acceptors (Lipinski definition) is 4. The molecule has 2 fully saturated rings. The van der Waals surface area contributed by atoms with Crippen molar-refractivity contribution in [3.8, 4) is 11.1 Å². The molecule has 2 saturated carbocycles. The lowest BCUT2D eigenvalue weighted by atomic mass is 9.49. The number of rotatable bonds is 6. The van der Waals surface area contributed by atoms with Crippen LogP contribution in [0.15, 0.2) is 48.5 Å². The highest BCUT2D eigenvalue weighted by Gasteiger charge is 2.54. The van der Waals surface area contributed by atoms with Gasteiger partial charge in [-0.25, -0.2) is 0 Å². The van der Waals surface area contributed by atoms with Crippen LogP contribution in [-0.2, 0) is 11.2 Å². The van der Waals surface area contributed by atoms with E-state index in [2.05, 4.69) is 36.5 Å². The summed E-state index contributed by atoms with van der Waals surface area (Å²) in [4.78, 5) is 27.1. The maximum Gasteiger partial charge on any atom is 0.252 e. The molecule has 2 aliphatic carbocycles. The highest BCUT2D eigenvalue weighted by molar-refractivity contribution is 7.12. The molecule has 0 atom stereocenters. The van der Waals surface area contributed by atoms with E-state index >= 15 is 0 Å². The summed E-state index contributed by atoms with van der Waals surface area (Å²) in [7, 11) is 0. The Morgan fingerprint density at radius 3 is 2.38 bits per heavy atom. The van der Waals surface area contributed by atoms with E-state index in [1.54, 1.807) is 18.3 Å². The van der Waals surface area contributed by atoms with Gasteiger partial charge in [-0.3, -0.25) is 9.59 Å². The highest BCUT2D eigenvalue weighted by Crippen LogP contribution is 2.58. The lowest BCUT2D eigenvalue weighted by molar-refractivity contribution is -0.134. The molecule has 3 aromatic rings. The van der Waals surface area contributed by atoms with Gasteiger partial charge < -0.3 is 11.1 Å². The Labute approximate surface area is 205 Å². The van der Waals surface area contributed by atoms with E-state index in [-0.39, 0.29) is 17.9 Å². The van der Waals surface area contributed by atoms with Crippen molar-refractivity contribution in [1.29, 1.82) is 0 Å². The molecule has 0 radical (unpaired) electrons. The van der Waals surface area contributed by atoms with Gasteiger partial charge in [0, 0.05) is 33.0 Å². The molecule has 176 valence electrons. The number of nitrogen functional groups attached to an aromatic ring is 1. The molecule has 1 amide bonds. The van der Waals surface area contributed by atoms with Crippen molar-refractivity contribution in [2.24, 2.45) is 11.3 Å². The summed E-state index contributed by atoms with van der Waals surface area (Å²) in [6.07, 6.45) is 4.68. The van der Waals surface area contributed by atoms with Crippen LogP contribution >= 0.6 is 11.3 Å². The minimum atomic E-state index is 0.0352. The number of amides is 1. The smallest absolute Gasteiger partial charge is 0.252 e. The average Bonchev–Trinajstić information content (AvgIpc) is 3.02. The summed E-state index contributed by atoms with van der Waals surface area (Å²) in [5, 5.41) is 3.28. The summed E-state index contributed by atoms with van der Waals surface area (Å²) in [6.45, 7) is 5.83. The lowest BCUT2D eigenvalue weighted by Gasteiger charge is -2.57. The minimum absolute atomic E-state index is 0.0352. The van der Waals surface area contributed by atoms with E-state index in [1.165, 1.54) is 4.88 Å². The SMILES string of the molecule is CC(=O)C1CC2(CC(NC(=O)c3c(C)sc(C)c3Cc3ccc(-c4ccccc4)c(N)c3)C2)C1. The van der Waals surface area contributed by atoms with Gasteiger partial charge in [-0.2, -0.15) is 0 Å². The number of anilines is 1. The molecule has 4 nitrogen and oxygen atoms in total. The Balaban J connectivity index is 1.29. The number of nitrogens with one attached hydrogen (secondary N) is 1. The zero-order valence-corrected chi connectivity index (χ0v) is 20.9. The van der Waals surface area contributed by atoms with E-state index in [9.17, 15) is 9.59 Å². The Bertz CT molecular complexity index is 1250. The standard InChI is InChI=1S/C29H32N2O2S/c1-17(32)22-13-29(14-22)15-23(16-29)31-28(33)27-19(3)34-18(2)25(27)11-20-9-10-24(26(30)12-20)21-7-5-4-6-8-21/h4-10,12,22-23H,11,13-16,30H2,1-3H3,(H,31,33). The van der Waals surface area contributed by atoms with E-state index < -0.39 is 0 Å². The molecule has 5 rings (SSSR count). The molecule has 5 heteroatoms. The number of benzene rings is 2. The summed E-state index contributed by atoms with van der Waals surface area (Å²) < 4.78 is 0. The van der Waals surface area contributed by atoms with E-state index in [4.69, 9.17) is 5.73 Å². The molecule has 0 unspecified atom stereocenters. The molecule has 2 aliphatic rings. The molecule has 34 heavy (non-hydrogen) atoms. The van der Waals surface area contributed by atoms with E-state index in [0.29, 0.717) is 17.6 Å². The van der Waals surface area contributed by atoms with Crippen LogP contribution in [0.2, 0.25) is 0 Å². The average molecular weight is 473 g/mol. The van der Waals surface area contributed by atoms with Crippen LogP contribution in [-0.4, -0.2) is 17.7 Å². The predicted molar refractivity (Wildman–Crippen MR) is 139 cm³/mol. The van der Waals surface area contributed by atoms with Gasteiger partial charge in [0.25, 0.3) is 5.91 Å². The van der Waals surface area contributed by atoms with Gasteiger partial charge in [0.2, 0.25) is 0 Å². The van der Waals surface area contributed by atoms with Crippen molar-refractivity contribution in [3.63, 3.8) is 0 Å². The van der Waals surface area contributed by atoms with Crippen LogP contribution in [0.1, 0.15) is 63.8 Å². The number of Topliss-reactive ketones (excluding diaryl/α,β-unsaturated/α-hetero) is 1. The van der Waals surface area contributed by atoms with Crippen molar-refractivity contribution in [1.82, 2.24) is 5.32 Å². The molecule has 0 saturated heterocycles.